The topological polar surface area (TPSA) is 58.2 Å². The highest BCUT2D eigenvalue weighted by atomic mass is 32.2. The predicted molar refractivity (Wildman–Crippen MR) is 80.7 cm³/mol. The Kier molecular flexibility index (Phi) is 7.95. The van der Waals surface area contributed by atoms with Crippen molar-refractivity contribution in [2.24, 2.45) is 5.92 Å². The largest absolute Gasteiger partial charge is 0.317 e. The van der Waals surface area contributed by atoms with Gasteiger partial charge in [-0.1, -0.05) is 26.2 Å². The van der Waals surface area contributed by atoms with Gasteiger partial charge in [0.25, 0.3) is 0 Å². The molecule has 1 fully saturated rings. The smallest absolute Gasteiger partial charge is 0.211 e. The third kappa shape index (κ3) is 7.28. The summed E-state index contributed by atoms with van der Waals surface area (Å²) in [6.45, 7) is 5.87. The van der Waals surface area contributed by atoms with E-state index in [9.17, 15) is 8.42 Å². The Hall–Kier alpha value is -0.130. The average Bonchev–Trinajstić information content (AvgIpc) is 2.39. The minimum absolute atomic E-state index is 0.0916. The Morgan fingerprint density at radius 2 is 1.84 bits per heavy atom. The first-order valence-electron chi connectivity index (χ1n) is 7.76. The summed E-state index contributed by atoms with van der Waals surface area (Å²) in [4.78, 5) is 0. The van der Waals surface area contributed by atoms with Crippen molar-refractivity contribution in [3.8, 4) is 0 Å². The molecule has 0 amide bonds. The molecule has 0 saturated heterocycles. The van der Waals surface area contributed by atoms with Gasteiger partial charge in [0.05, 0.1) is 5.75 Å². The molecular formula is C14H30N2O2S. The molecule has 0 aromatic rings. The normalized spacial score (nSPS) is 19.5. The first-order valence-corrected chi connectivity index (χ1v) is 9.41. The molecule has 0 spiro atoms. The molecule has 5 heteroatoms. The van der Waals surface area contributed by atoms with Gasteiger partial charge >= 0.3 is 0 Å². The first-order chi connectivity index (χ1) is 9.05. The van der Waals surface area contributed by atoms with Crippen LogP contribution in [0.1, 0.15) is 58.8 Å². The van der Waals surface area contributed by atoms with Crippen LogP contribution in [0.5, 0.6) is 0 Å². The van der Waals surface area contributed by atoms with Gasteiger partial charge < -0.3 is 5.32 Å². The van der Waals surface area contributed by atoms with Crippen LogP contribution < -0.4 is 10.0 Å². The molecule has 1 aliphatic rings. The molecule has 0 bridgehead atoms. The second-order valence-electron chi connectivity index (χ2n) is 5.73. The van der Waals surface area contributed by atoms with Gasteiger partial charge in [-0.05, 0) is 51.6 Å². The molecule has 1 saturated carbocycles. The quantitative estimate of drug-likeness (QED) is 0.640. The summed E-state index contributed by atoms with van der Waals surface area (Å²) in [5.41, 5.74) is 0. The molecule has 19 heavy (non-hydrogen) atoms. The molecule has 114 valence electrons. The van der Waals surface area contributed by atoms with Gasteiger partial charge in [0, 0.05) is 6.04 Å². The van der Waals surface area contributed by atoms with Crippen molar-refractivity contribution >= 4 is 10.0 Å². The van der Waals surface area contributed by atoms with E-state index in [0.717, 1.165) is 19.5 Å². The van der Waals surface area contributed by atoms with Crippen LogP contribution in [-0.2, 0) is 10.0 Å². The lowest BCUT2D eigenvalue weighted by atomic mass is 9.85. The van der Waals surface area contributed by atoms with E-state index < -0.39 is 10.0 Å². The molecule has 0 aliphatic heterocycles. The molecule has 4 nitrogen and oxygen atoms in total. The molecule has 1 rings (SSSR count). The standard InChI is InChI=1S/C14H30N2O2S/c1-3-10-15-11-7-12-19(17,18)16-13(2)14-8-5-4-6-9-14/h13-16H,3-12H2,1-2H3. The second kappa shape index (κ2) is 8.93. The van der Waals surface area contributed by atoms with E-state index in [4.69, 9.17) is 0 Å². The van der Waals surface area contributed by atoms with Crippen LogP contribution in [0, 0.1) is 5.92 Å². The fourth-order valence-electron chi connectivity index (χ4n) is 2.76. The summed E-state index contributed by atoms with van der Waals surface area (Å²) in [6.07, 6.45) is 7.91. The van der Waals surface area contributed by atoms with Crippen LogP contribution in [0.15, 0.2) is 0 Å². The molecule has 0 aromatic heterocycles. The second-order valence-corrected chi connectivity index (χ2v) is 7.60. The first kappa shape index (κ1) is 16.9. The number of hydrogen-bond donors (Lipinski definition) is 2. The van der Waals surface area contributed by atoms with E-state index in [1.54, 1.807) is 0 Å². The lowest BCUT2D eigenvalue weighted by molar-refractivity contribution is 0.303. The van der Waals surface area contributed by atoms with Gasteiger partial charge in [0.15, 0.2) is 0 Å². The van der Waals surface area contributed by atoms with Crippen LogP contribution >= 0.6 is 0 Å². The molecule has 0 aromatic carbocycles. The zero-order chi connectivity index (χ0) is 14.1. The molecule has 2 N–H and O–H groups in total. The van der Waals surface area contributed by atoms with E-state index in [2.05, 4.69) is 17.0 Å². The number of sulfonamides is 1. The Labute approximate surface area is 118 Å². The summed E-state index contributed by atoms with van der Waals surface area (Å²) < 4.78 is 26.8. The van der Waals surface area contributed by atoms with E-state index in [1.807, 2.05) is 6.92 Å². The molecular weight excluding hydrogens is 260 g/mol. The molecule has 1 unspecified atom stereocenters. The minimum atomic E-state index is -3.11. The maximum atomic E-state index is 12.0. The SMILES string of the molecule is CCCNCCCS(=O)(=O)NC(C)C1CCCCC1. The summed E-state index contributed by atoms with van der Waals surface area (Å²) in [5, 5.41) is 3.23. The van der Waals surface area contributed by atoms with Crippen molar-refractivity contribution in [2.75, 3.05) is 18.8 Å². The number of hydrogen-bond acceptors (Lipinski definition) is 3. The Balaban J connectivity index is 2.24. The van der Waals surface area contributed by atoms with Gasteiger partial charge in [0.2, 0.25) is 10.0 Å². The van der Waals surface area contributed by atoms with Crippen molar-refractivity contribution in [3.05, 3.63) is 0 Å². The van der Waals surface area contributed by atoms with Crippen LogP contribution in [0.4, 0.5) is 0 Å². The number of rotatable bonds is 9. The molecule has 0 heterocycles. The molecule has 1 aliphatic carbocycles. The highest BCUT2D eigenvalue weighted by molar-refractivity contribution is 7.89. The lowest BCUT2D eigenvalue weighted by Crippen LogP contribution is -2.40. The lowest BCUT2D eigenvalue weighted by Gasteiger charge is -2.28. The van der Waals surface area contributed by atoms with Gasteiger partial charge in [-0.15, -0.1) is 0 Å². The predicted octanol–water partition coefficient (Wildman–Crippen LogP) is 2.26. The summed E-state index contributed by atoms with van der Waals surface area (Å²) >= 11 is 0. The monoisotopic (exact) mass is 290 g/mol. The van der Waals surface area contributed by atoms with Crippen molar-refractivity contribution in [3.63, 3.8) is 0 Å². The van der Waals surface area contributed by atoms with Gasteiger partial charge in [-0.2, -0.15) is 0 Å². The summed E-state index contributed by atoms with van der Waals surface area (Å²) in [6, 6.07) is 0.0916. The van der Waals surface area contributed by atoms with Crippen molar-refractivity contribution in [1.82, 2.24) is 10.0 Å². The fourth-order valence-corrected chi connectivity index (χ4v) is 4.16. The Bertz CT molecular complexity index is 324. The fraction of sp³-hybridized carbons (Fsp3) is 1.00. The van der Waals surface area contributed by atoms with E-state index in [1.165, 1.54) is 32.1 Å². The van der Waals surface area contributed by atoms with E-state index >= 15 is 0 Å². The van der Waals surface area contributed by atoms with Gasteiger partial charge in [-0.25, -0.2) is 13.1 Å². The Morgan fingerprint density at radius 3 is 2.47 bits per heavy atom. The summed E-state index contributed by atoms with van der Waals surface area (Å²) in [5.74, 6) is 0.766. The third-order valence-corrected chi connectivity index (χ3v) is 5.47. The van der Waals surface area contributed by atoms with Crippen LogP contribution in [0.3, 0.4) is 0 Å². The van der Waals surface area contributed by atoms with Crippen LogP contribution in [0.25, 0.3) is 0 Å². The van der Waals surface area contributed by atoms with Crippen molar-refractivity contribution in [1.29, 1.82) is 0 Å². The zero-order valence-corrected chi connectivity index (χ0v) is 13.3. The van der Waals surface area contributed by atoms with Gasteiger partial charge in [-0.3, -0.25) is 0 Å². The Morgan fingerprint density at radius 1 is 1.16 bits per heavy atom. The zero-order valence-electron chi connectivity index (χ0n) is 12.5. The highest BCUT2D eigenvalue weighted by Gasteiger charge is 2.23. The summed E-state index contributed by atoms with van der Waals surface area (Å²) in [7, 11) is -3.11. The maximum absolute atomic E-state index is 12.0. The van der Waals surface area contributed by atoms with Crippen LogP contribution in [0.2, 0.25) is 0 Å². The van der Waals surface area contributed by atoms with Crippen molar-refractivity contribution < 1.29 is 8.42 Å². The van der Waals surface area contributed by atoms with Crippen LogP contribution in [-0.4, -0.2) is 33.3 Å². The highest BCUT2D eigenvalue weighted by Crippen LogP contribution is 2.26. The van der Waals surface area contributed by atoms with Crippen molar-refractivity contribution in [2.45, 2.75) is 64.8 Å². The third-order valence-electron chi connectivity index (χ3n) is 3.92. The maximum Gasteiger partial charge on any atom is 0.211 e. The van der Waals surface area contributed by atoms with E-state index in [-0.39, 0.29) is 11.8 Å². The van der Waals surface area contributed by atoms with Gasteiger partial charge in [0.1, 0.15) is 0 Å². The number of nitrogens with one attached hydrogen (secondary N) is 2. The molecule has 1 atom stereocenters. The van der Waals surface area contributed by atoms with E-state index in [0.29, 0.717) is 12.3 Å². The molecule has 0 radical (unpaired) electrons. The average molecular weight is 290 g/mol. The minimum Gasteiger partial charge on any atom is -0.317 e.